The minimum Gasteiger partial charge on any atom is -0.298 e. The summed E-state index contributed by atoms with van der Waals surface area (Å²) >= 11 is 6.08. The highest BCUT2D eigenvalue weighted by Gasteiger charge is 2.20. The van der Waals surface area contributed by atoms with Crippen LogP contribution in [0.1, 0.15) is 29.6 Å². The summed E-state index contributed by atoms with van der Waals surface area (Å²) in [5.41, 5.74) is 5.91. The Morgan fingerprint density at radius 3 is 2.59 bits per heavy atom. The van der Waals surface area contributed by atoms with Gasteiger partial charge in [-0.2, -0.15) is 0 Å². The standard InChI is InChI=1S/C22H23ClN4/c1-2-21-25-20-10-13-27(15-16-4-3-11-24-14-16)12-9-19(20)22(26-21)17-5-7-18(23)8-6-17/h3-8,11,14H,2,9-10,12-13,15H2,1H3. The third-order valence-electron chi connectivity index (χ3n) is 5.04. The molecule has 1 aliphatic rings. The van der Waals surface area contributed by atoms with E-state index in [9.17, 15) is 0 Å². The number of hydrogen-bond acceptors (Lipinski definition) is 4. The molecule has 1 aliphatic heterocycles. The van der Waals surface area contributed by atoms with Gasteiger partial charge in [-0.15, -0.1) is 0 Å². The van der Waals surface area contributed by atoms with E-state index in [0.29, 0.717) is 0 Å². The summed E-state index contributed by atoms with van der Waals surface area (Å²) in [7, 11) is 0. The second kappa shape index (κ2) is 8.15. The first-order valence-corrected chi connectivity index (χ1v) is 9.86. The monoisotopic (exact) mass is 378 g/mol. The maximum atomic E-state index is 6.08. The van der Waals surface area contributed by atoms with Crippen molar-refractivity contribution in [2.45, 2.75) is 32.7 Å². The summed E-state index contributed by atoms with van der Waals surface area (Å²) < 4.78 is 0. The topological polar surface area (TPSA) is 41.9 Å². The number of aryl methyl sites for hydroxylation is 1. The maximum absolute atomic E-state index is 6.08. The van der Waals surface area contributed by atoms with E-state index in [2.05, 4.69) is 35.0 Å². The minimum atomic E-state index is 0.747. The highest BCUT2D eigenvalue weighted by Crippen LogP contribution is 2.28. The quantitative estimate of drug-likeness (QED) is 0.676. The van der Waals surface area contributed by atoms with E-state index in [1.165, 1.54) is 16.8 Å². The molecule has 0 saturated carbocycles. The third-order valence-corrected chi connectivity index (χ3v) is 5.30. The van der Waals surface area contributed by atoms with Gasteiger partial charge in [0.15, 0.2) is 0 Å². The van der Waals surface area contributed by atoms with E-state index in [0.717, 1.165) is 61.0 Å². The molecule has 0 atom stereocenters. The third kappa shape index (κ3) is 4.18. The summed E-state index contributed by atoms with van der Waals surface area (Å²) in [6, 6.07) is 12.1. The molecule has 0 radical (unpaired) electrons. The molecule has 2 aromatic heterocycles. The Bertz CT molecular complexity index is 910. The zero-order valence-corrected chi connectivity index (χ0v) is 16.3. The summed E-state index contributed by atoms with van der Waals surface area (Å²) in [6.07, 6.45) is 6.52. The van der Waals surface area contributed by atoms with Gasteiger partial charge < -0.3 is 0 Å². The number of halogens is 1. The fourth-order valence-electron chi connectivity index (χ4n) is 3.61. The van der Waals surface area contributed by atoms with Crippen LogP contribution >= 0.6 is 11.6 Å². The number of hydrogen-bond donors (Lipinski definition) is 0. The Labute approximate surface area is 165 Å². The SMILES string of the molecule is CCc1nc2c(c(-c3ccc(Cl)cc3)n1)CCN(Cc1cccnc1)CC2. The second-order valence-electron chi connectivity index (χ2n) is 6.91. The summed E-state index contributed by atoms with van der Waals surface area (Å²) in [4.78, 5) is 16.5. The van der Waals surface area contributed by atoms with Gasteiger partial charge in [-0.1, -0.05) is 36.7 Å². The average Bonchev–Trinajstić information content (AvgIpc) is 2.91. The summed E-state index contributed by atoms with van der Waals surface area (Å²) in [6.45, 7) is 5.03. The van der Waals surface area contributed by atoms with Crippen LogP contribution in [0.4, 0.5) is 0 Å². The smallest absolute Gasteiger partial charge is 0.129 e. The molecule has 0 saturated heterocycles. The maximum Gasteiger partial charge on any atom is 0.129 e. The van der Waals surface area contributed by atoms with Crippen LogP contribution in [0.15, 0.2) is 48.8 Å². The Morgan fingerprint density at radius 1 is 1.04 bits per heavy atom. The lowest BCUT2D eigenvalue weighted by atomic mass is 10.0. The van der Waals surface area contributed by atoms with Crippen LogP contribution in [-0.2, 0) is 25.8 Å². The van der Waals surface area contributed by atoms with E-state index in [1.807, 2.05) is 30.6 Å². The Morgan fingerprint density at radius 2 is 1.85 bits per heavy atom. The van der Waals surface area contributed by atoms with Crippen molar-refractivity contribution >= 4 is 11.6 Å². The van der Waals surface area contributed by atoms with Gasteiger partial charge in [-0.25, -0.2) is 9.97 Å². The lowest BCUT2D eigenvalue weighted by Gasteiger charge is -2.19. The zero-order chi connectivity index (χ0) is 18.6. The van der Waals surface area contributed by atoms with E-state index in [-0.39, 0.29) is 0 Å². The van der Waals surface area contributed by atoms with Crippen molar-refractivity contribution in [3.05, 3.63) is 76.5 Å². The lowest BCUT2D eigenvalue weighted by molar-refractivity contribution is 0.278. The number of fused-ring (bicyclic) bond motifs is 1. The molecular weight excluding hydrogens is 356 g/mol. The van der Waals surface area contributed by atoms with E-state index < -0.39 is 0 Å². The van der Waals surface area contributed by atoms with Crippen molar-refractivity contribution in [3.63, 3.8) is 0 Å². The second-order valence-corrected chi connectivity index (χ2v) is 7.35. The molecule has 138 valence electrons. The minimum absolute atomic E-state index is 0.747. The van der Waals surface area contributed by atoms with Gasteiger partial charge in [0.2, 0.25) is 0 Å². The first-order valence-electron chi connectivity index (χ1n) is 9.49. The van der Waals surface area contributed by atoms with Crippen LogP contribution in [0.2, 0.25) is 5.02 Å². The number of nitrogens with zero attached hydrogens (tertiary/aromatic N) is 4. The molecule has 0 bridgehead atoms. The Balaban J connectivity index is 1.63. The molecule has 0 spiro atoms. The molecule has 0 unspecified atom stereocenters. The normalized spacial score (nSPS) is 14.6. The molecule has 0 N–H and O–H groups in total. The molecule has 1 aromatic carbocycles. The van der Waals surface area contributed by atoms with Gasteiger partial charge >= 0.3 is 0 Å². The zero-order valence-electron chi connectivity index (χ0n) is 15.5. The first-order chi connectivity index (χ1) is 13.2. The predicted octanol–water partition coefficient (Wildman–Crippen LogP) is 4.36. The molecule has 0 aliphatic carbocycles. The van der Waals surface area contributed by atoms with Crippen LogP contribution in [0.25, 0.3) is 11.3 Å². The number of benzene rings is 1. The fraction of sp³-hybridized carbons (Fsp3) is 0.318. The van der Waals surface area contributed by atoms with Crippen molar-refractivity contribution in [1.82, 2.24) is 19.9 Å². The molecule has 27 heavy (non-hydrogen) atoms. The molecule has 4 nitrogen and oxygen atoms in total. The largest absolute Gasteiger partial charge is 0.298 e. The molecule has 0 amide bonds. The van der Waals surface area contributed by atoms with Crippen LogP contribution in [0.3, 0.4) is 0 Å². The predicted molar refractivity (Wildman–Crippen MR) is 109 cm³/mol. The van der Waals surface area contributed by atoms with Crippen molar-refractivity contribution < 1.29 is 0 Å². The van der Waals surface area contributed by atoms with Gasteiger partial charge in [-0.3, -0.25) is 9.88 Å². The molecule has 3 aromatic rings. The summed E-state index contributed by atoms with van der Waals surface area (Å²) in [5, 5.41) is 0.747. The van der Waals surface area contributed by atoms with Crippen LogP contribution in [0, 0.1) is 0 Å². The molecule has 4 rings (SSSR count). The van der Waals surface area contributed by atoms with Crippen molar-refractivity contribution in [2.24, 2.45) is 0 Å². The van der Waals surface area contributed by atoms with Crippen molar-refractivity contribution in [1.29, 1.82) is 0 Å². The molecule has 0 fully saturated rings. The molecule has 5 heteroatoms. The number of rotatable bonds is 4. The van der Waals surface area contributed by atoms with Gasteiger partial charge in [-0.05, 0) is 30.2 Å². The van der Waals surface area contributed by atoms with E-state index >= 15 is 0 Å². The fourth-order valence-corrected chi connectivity index (χ4v) is 3.74. The van der Waals surface area contributed by atoms with Crippen LogP contribution < -0.4 is 0 Å². The van der Waals surface area contributed by atoms with E-state index in [1.54, 1.807) is 0 Å². The van der Waals surface area contributed by atoms with Gasteiger partial charge in [0, 0.05) is 66.7 Å². The summed E-state index contributed by atoms with van der Waals surface area (Å²) in [5.74, 6) is 0.916. The number of pyridine rings is 1. The van der Waals surface area contributed by atoms with Crippen molar-refractivity contribution in [3.8, 4) is 11.3 Å². The highest BCUT2D eigenvalue weighted by molar-refractivity contribution is 6.30. The average molecular weight is 379 g/mol. The highest BCUT2D eigenvalue weighted by atomic mass is 35.5. The van der Waals surface area contributed by atoms with Crippen LogP contribution in [-0.4, -0.2) is 32.9 Å². The van der Waals surface area contributed by atoms with Crippen molar-refractivity contribution in [2.75, 3.05) is 13.1 Å². The van der Waals surface area contributed by atoms with Crippen LogP contribution in [0.5, 0.6) is 0 Å². The van der Waals surface area contributed by atoms with Gasteiger partial charge in [0.1, 0.15) is 5.82 Å². The number of aromatic nitrogens is 3. The van der Waals surface area contributed by atoms with Gasteiger partial charge in [0.25, 0.3) is 0 Å². The first kappa shape index (κ1) is 18.1. The van der Waals surface area contributed by atoms with E-state index in [4.69, 9.17) is 21.6 Å². The Kier molecular flexibility index (Phi) is 5.46. The molecular formula is C22H23ClN4. The lowest BCUT2D eigenvalue weighted by Crippen LogP contribution is -2.26. The molecule has 3 heterocycles. The Hall–Kier alpha value is -2.30. The van der Waals surface area contributed by atoms with Gasteiger partial charge in [0.05, 0.1) is 5.69 Å².